The molecule has 0 spiro atoms. The summed E-state index contributed by atoms with van der Waals surface area (Å²) in [6.07, 6.45) is 2.56. The van der Waals surface area contributed by atoms with E-state index in [9.17, 15) is 9.59 Å². The predicted octanol–water partition coefficient (Wildman–Crippen LogP) is 4.12. The lowest BCUT2D eigenvalue weighted by Crippen LogP contribution is -2.23. The first-order chi connectivity index (χ1) is 16.5. The molecule has 0 atom stereocenters. The fraction of sp³-hybridized carbons (Fsp3) is 0.280. The van der Waals surface area contributed by atoms with Crippen molar-refractivity contribution in [1.82, 2.24) is 19.3 Å². The van der Waals surface area contributed by atoms with Gasteiger partial charge in [0.05, 0.1) is 16.9 Å². The first-order valence-corrected chi connectivity index (χ1v) is 12.3. The zero-order valence-electron chi connectivity index (χ0n) is 19.1. The van der Waals surface area contributed by atoms with Crippen LogP contribution in [0.25, 0.3) is 16.6 Å². The third kappa shape index (κ3) is 4.56. The van der Waals surface area contributed by atoms with Gasteiger partial charge in [-0.05, 0) is 44.0 Å². The summed E-state index contributed by atoms with van der Waals surface area (Å²) in [6, 6.07) is 17.8. The van der Waals surface area contributed by atoms with Crippen molar-refractivity contribution in [2.75, 3.05) is 16.4 Å². The molecule has 1 aliphatic rings. The molecule has 2 aromatic carbocycles. The second-order valence-corrected chi connectivity index (χ2v) is 9.44. The van der Waals surface area contributed by atoms with Crippen molar-refractivity contribution in [3.63, 3.8) is 0 Å². The van der Waals surface area contributed by atoms with Crippen molar-refractivity contribution in [2.45, 2.75) is 37.4 Å². The molecule has 0 radical (unpaired) electrons. The molecule has 34 heavy (non-hydrogen) atoms. The Kier molecular flexibility index (Phi) is 6.10. The summed E-state index contributed by atoms with van der Waals surface area (Å²) in [5.41, 5.74) is 2.38. The Labute approximate surface area is 201 Å². The van der Waals surface area contributed by atoms with Crippen LogP contribution in [0.1, 0.15) is 25.0 Å². The van der Waals surface area contributed by atoms with E-state index >= 15 is 0 Å². The molecule has 1 fully saturated rings. The Balaban J connectivity index is 1.26. The van der Waals surface area contributed by atoms with Gasteiger partial charge < -0.3 is 10.6 Å². The molecule has 2 N–H and O–H groups in total. The average Bonchev–Trinajstić information content (AvgIpc) is 3.63. The number of benzene rings is 2. The number of carbonyl (C=O) groups excluding carboxylic acids is 1. The zero-order chi connectivity index (χ0) is 23.7. The summed E-state index contributed by atoms with van der Waals surface area (Å²) in [7, 11) is 1.81. The summed E-state index contributed by atoms with van der Waals surface area (Å²) < 4.78 is 3.30. The first kappa shape index (κ1) is 22.2. The van der Waals surface area contributed by atoms with Crippen LogP contribution in [0.5, 0.6) is 0 Å². The van der Waals surface area contributed by atoms with Crippen LogP contribution in [0.4, 0.5) is 11.5 Å². The lowest BCUT2D eigenvalue weighted by molar-refractivity contribution is -0.115. The largest absolute Gasteiger partial charge is 0.367 e. The van der Waals surface area contributed by atoms with Crippen molar-refractivity contribution in [3.05, 3.63) is 70.6 Å². The van der Waals surface area contributed by atoms with E-state index in [0.29, 0.717) is 28.3 Å². The van der Waals surface area contributed by atoms with Crippen molar-refractivity contribution in [1.29, 1.82) is 0 Å². The predicted molar refractivity (Wildman–Crippen MR) is 136 cm³/mol. The van der Waals surface area contributed by atoms with Crippen LogP contribution in [0.2, 0.25) is 0 Å². The Hall–Kier alpha value is -3.59. The van der Waals surface area contributed by atoms with E-state index in [-0.39, 0.29) is 17.9 Å². The fourth-order valence-electron chi connectivity index (χ4n) is 3.80. The van der Waals surface area contributed by atoms with Gasteiger partial charge >= 0.3 is 0 Å². The molecular weight excluding hydrogens is 448 g/mol. The van der Waals surface area contributed by atoms with Crippen LogP contribution in [0.3, 0.4) is 0 Å². The number of anilines is 2. The summed E-state index contributed by atoms with van der Waals surface area (Å²) >= 11 is 1.44. The monoisotopic (exact) mass is 474 g/mol. The normalized spacial score (nSPS) is 13.2. The second-order valence-electron chi connectivity index (χ2n) is 8.37. The Morgan fingerprint density at radius 3 is 2.59 bits per heavy atom. The number of hydrogen-bond donors (Lipinski definition) is 2. The summed E-state index contributed by atoms with van der Waals surface area (Å²) in [5, 5.41) is 7.93. The topological polar surface area (TPSA) is 93.8 Å². The maximum Gasteiger partial charge on any atom is 0.295 e. The SMILES string of the molecule is Cc1c(NC(=O)CCSc2nc(NC3CC3)c3ccccc3n2)c(=O)n(-c2ccccc2)n1C. The summed E-state index contributed by atoms with van der Waals surface area (Å²) in [5.74, 6) is 1.14. The van der Waals surface area contributed by atoms with E-state index in [1.54, 1.807) is 16.4 Å². The lowest BCUT2D eigenvalue weighted by Gasteiger charge is -2.10. The maximum absolute atomic E-state index is 13.0. The highest BCUT2D eigenvalue weighted by atomic mass is 32.2. The van der Waals surface area contributed by atoms with E-state index in [4.69, 9.17) is 4.98 Å². The van der Waals surface area contributed by atoms with E-state index in [2.05, 4.69) is 15.6 Å². The highest BCUT2D eigenvalue weighted by Crippen LogP contribution is 2.30. The van der Waals surface area contributed by atoms with Gasteiger partial charge in [0.25, 0.3) is 5.56 Å². The van der Waals surface area contributed by atoms with Gasteiger partial charge in [-0.1, -0.05) is 42.1 Å². The first-order valence-electron chi connectivity index (χ1n) is 11.3. The van der Waals surface area contributed by atoms with Crippen LogP contribution in [0, 0.1) is 6.92 Å². The number of nitrogens with zero attached hydrogens (tertiary/aromatic N) is 4. The van der Waals surface area contributed by atoms with Crippen LogP contribution in [0.15, 0.2) is 64.5 Å². The molecule has 0 aliphatic heterocycles. The number of hydrogen-bond acceptors (Lipinski definition) is 6. The summed E-state index contributed by atoms with van der Waals surface area (Å²) in [6.45, 7) is 1.82. The number of amides is 1. The smallest absolute Gasteiger partial charge is 0.295 e. The minimum atomic E-state index is -0.249. The molecular formula is C25H26N6O2S. The highest BCUT2D eigenvalue weighted by Gasteiger charge is 2.23. The molecule has 1 amide bonds. The van der Waals surface area contributed by atoms with Crippen LogP contribution in [-0.4, -0.2) is 37.0 Å². The van der Waals surface area contributed by atoms with E-state index in [1.165, 1.54) is 11.8 Å². The van der Waals surface area contributed by atoms with E-state index in [0.717, 1.165) is 35.2 Å². The van der Waals surface area contributed by atoms with Crippen LogP contribution >= 0.6 is 11.8 Å². The molecule has 2 heterocycles. The molecule has 8 nitrogen and oxygen atoms in total. The molecule has 5 rings (SSSR count). The Bertz CT molecular complexity index is 1410. The number of fused-ring (bicyclic) bond motifs is 1. The second kappa shape index (κ2) is 9.34. The number of nitrogens with one attached hydrogen (secondary N) is 2. The van der Waals surface area contributed by atoms with Crippen LogP contribution in [-0.2, 0) is 11.8 Å². The van der Waals surface area contributed by atoms with E-state index < -0.39 is 0 Å². The standard InChI is InChI=1S/C25H26N6O2S/c1-16-22(24(33)31(30(16)2)18-8-4-3-5-9-18)28-21(32)14-15-34-25-27-20-11-7-6-10-19(20)23(29-25)26-17-12-13-17/h3-11,17H,12-15H2,1-2H3,(H,28,32)(H,26,27,29). The van der Waals surface area contributed by atoms with E-state index in [1.807, 2.05) is 61.5 Å². The molecule has 9 heteroatoms. The molecule has 2 aromatic heterocycles. The third-order valence-electron chi connectivity index (χ3n) is 5.88. The molecule has 174 valence electrons. The number of rotatable bonds is 8. The molecule has 0 unspecified atom stereocenters. The highest BCUT2D eigenvalue weighted by molar-refractivity contribution is 7.99. The van der Waals surface area contributed by atoms with Gasteiger partial charge in [-0.25, -0.2) is 14.6 Å². The molecule has 0 saturated heterocycles. The summed E-state index contributed by atoms with van der Waals surface area (Å²) in [4.78, 5) is 35.0. The number of thioether (sulfide) groups is 1. The Morgan fingerprint density at radius 2 is 1.82 bits per heavy atom. The van der Waals surface area contributed by atoms with Gasteiger partial charge in [0.2, 0.25) is 5.91 Å². The average molecular weight is 475 g/mol. The van der Waals surface area contributed by atoms with Gasteiger partial charge in [0, 0.05) is 30.6 Å². The third-order valence-corrected chi connectivity index (χ3v) is 6.73. The molecule has 1 saturated carbocycles. The quantitative estimate of drug-likeness (QED) is 0.295. The maximum atomic E-state index is 13.0. The number of carbonyl (C=O) groups is 1. The fourth-order valence-corrected chi connectivity index (χ4v) is 4.59. The van der Waals surface area contributed by atoms with Crippen molar-refractivity contribution < 1.29 is 4.79 Å². The number of para-hydroxylation sites is 2. The van der Waals surface area contributed by atoms with Gasteiger partial charge in [-0.2, -0.15) is 0 Å². The van der Waals surface area contributed by atoms with Gasteiger partial charge in [0.1, 0.15) is 11.5 Å². The van der Waals surface area contributed by atoms with Crippen molar-refractivity contribution >= 4 is 40.1 Å². The van der Waals surface area contributed by atoms with Gasteiger partial charge in [-0.15, -0.1) is 0 Å². The van der Waals surface area contributed by atoms with Gasteiger partial charge in [0.15, 0.2) is 5.16 Å². The molecule has 0 bridgehead atoms. The minimum Gasteiger partial charge on any atom is -0.367 e. The molecule has 1 aliphatic carbocycles. The minimum absolute atomic E-state index is 0.212. The Morgan fingerprint density at radius 1 is 1.09 bits per heavy atom. The zero-order valence-corrected chi connectivity index (χ0v) is 19.9. The van der Waals surface area contributed by atoms with Crippen LogP contribution < -0.4 is 16.2 Å². The van der Waals surface area contributed by atoms with Crippen molar-refractivity contribution in [2.24, 2.45) is 7.05 Å². The molecule has 4 aromatic rings. The lowest BCUT2D eigenvalue weighted by atomic mass is 10.2. The van der Waals surface area contributed by atoms with Gasteiger partial charge in [-0.3, -0.25) is 14.3 Å². The number of aromatic nitrogens is 4. The van der Waals surface area contributed by atoms with Crippen molar-refractivity contribution in [3.8, 4) is 5.69 Å².